The van der Waals surface area contributed by atoms with E-state index in [1.165, 1.54) is 51.9 Å². The van der Waals surface area contributed by atoms with E-state index in [0.717, 1.165) is 6.17 Å². The minimum Gasteiger partial charge on any atom is -0.287 e. The zero-order valence-electron chi connectivity index (χ0n) is 10.1. The average Bonchev–Trinajstić information content (AvgIpc) is 2.52. The highest BCUT2D eigenvalue weighted by molar-refractivity contribution is 4.80. The van der Waals surface area contributed by atoms with Gasteiger partial charge in [0, 0.05) is 13.1 Å². The molecule has 0 aromatic rings. The zero-order chi connectivity index (χ0) is 10.4. The summed E-state index contributed by atoms with van der Waals surface area (Å²) in [6.45, 7) is 12.0. The monoisotopic (exact) mass is 198 g/mol. The molecule has 84 valence electrons. The molecule has 0 atom stereocenters. The lowest BCUT2D eigenvalue weighted by molar-refractivity contribution is 0.126. The first-order valence-electron chi connectivity index (χ1n) is 6.31. The van der Waals surface area contributed by atoms with Crippen LogP contribution in [0.5, 0.6) is 0 Å². The van der Waals surface area contributed by atoms with E-state index in [9.17, 15) is 0 Å². The lowest BCUT2D eigenvalue weighted by Gasteiger charge is -2.29. The summed E-state index contributed by atoms with van der Waals surface area (Å²) in [5, 5.41) is 0. The maximum atomic E-state index is 2.67. The Bertz CT molecular complexity index is 133. The standard InChI is InChI=1S/C12H26N2/c1-4-7-12-13(8-5-2)10-11-14(12)9-6-3/h12H,4-11H2,1-3H3. The molecular formula is C12H26N2. The largest absolute Gasteiger partial charge is 0.287 e. The van der Waals surface area contributed by atoms with Crippen LogP contribution in [0.15, 0.2) is 0 Å². The van der Waals surface area contributed by atoms with Crippen LogP contribution in [0.2, 0.25) is 0 Å². The van der Waals surface area contributed by atoms with Crippen LogP contribution in [-0.4, -0.2) is 42.1 Å². The minimum atomic E-state index is 0.750. The van der Waals surface area contributed by atoms with E-state index in [-0.39, 0.29) is 0 Å². The van der Waals surface area contributed by atoms with E-state index in [0.29, 0.717) is 0 Å². The third kappa shape index (κ3) is 2.96. The van der Waals surface area contributed by atoms with E-state index in [1.54, 1.807) is 0 Å². The van der Waals surface area contributed by atoms with Gasteiger partial charge in [-0.2, -0.15) is 0 Å². The fourth-order valence-electron chi connectivity index (χ4n) is 2.51. The van der Waals surface area contributed by atoms with E-state index in [1.807, 2.05) is 0 Å². The van der Waals surface area contributed by atoms with Gasteiger partial charge in [-0.05, 0) is 32.4 Å². The maximum absolute atomic E-state index is 2.67. The predicted molar refractivity (Wildman–Crippen MR) is 62.4 cm³/mol. The molecule has 14 heavy (non-hydrogen) atoms. The van der Waals surface area contributed by atoms with E-state index in [4.69, 9.17) is 0 Å². The highest BCUT2D eigenvalue weighted by Gasteiger charge is 2.29. The third-order valence-corrected chi connectivity index (χ3v) is 3.09. The lowest BCUT2D eigenvalue weighted by Crippen LogP contribution is -2.39. The molecule has 1 fully saturated rings. The first-order valence-corrected chi connectivity index (χ1v) is 6.31. The fourth-order valence-corrected chi connectivity index (χ4v) is 2.51. The molecule has 0 saturated carbocycles. The van der Waals surface area contributed by atoms with E-state index in [2.05, 4.69) is 30.6 Å². The Morgan fingerprint density at radius 2 is 1.36 bits per heavy atom. The summed E-state index contributed by atoms with van der Waals surface area (Å²) >= 11 is 0. The van der Waals surface area contributed by atoms with Gasteiger partial charge >= 0.3 is 0 Å². The zero-order valence-corrected chi connectivity index (χ0v) is 10.1. The van der Waals surface area contributed by atoms with Crippen LogP contribution in [0, 0.1) is 0 Å². The minimum absolute atomic E-state index is 0.750. The summed E-state index contributed by atoms with van der Waals surface area (Å²) in [6, 6.07) is 0. The molecule has 0 N–H and O–H groups in total. The smallest absolute Gasteiger partial charge is 0.0623 e. The van der Waals surface area contributed by atoms with Gasteiger partial charge in [0.2, 0.25) is 0 Å². The van der Waals surface area contributed by atoms with Gasteiger partial charge in [-0.15, -0.1) is 0 Å². The normalized spacial score (nSPS) is 20.8. The molecule has 0 aliphatic carbocycles. The van der Waals surface area contributed by atoms with Crippen molar-refractivity contribution in [3.8, 4) is 0 Å². The van der Waals surface area contributed by atoms with Gasteiger partial charge in [0.05, 0.1) is 6.17 Å². The van der Waals surface area contributed by atoms with Crippen LogP contribution in [0.4, 0.5) is 0 Å². The molecule has 0 unspecified atom stereocenters. The Labute approximate surface area is 89.3 Å². The SMILES string of the molecule is CCCC1N(CCC)CCN1CCC. The predicted octanol–water partition coefficient (Wildman–Crippen LogP) is 2.55. The highest BCUT2D eigenvalue weighted by Crippen LogP contribution is 2.19. The number of hydrogen-bond donors (Lipinski definition) is 0. The summed E-state index contributed by atoms with van der Waals surface area (Å²) in [5.41, 5.74) is 0. The number of rotatable bonds is 6. The lowest BCUT2D eigenvalue weighted by atomic mass is 10.2. The van der Waals surface area contributed by atoms with Crippen molar-refractivity contribution >= 4 is 0 Å². The van der Waals surface area contributed by atoms with E-state index >= 15 is 0 Å². The van der Waals surface area contributed by atoms with Crippen molar-refractivity contribution < 1.29 is 0 Å². The van der Waals surface area contributed by atoms with Crippen LogP contribution in [0.25, 0.3) is 0 Å². The van der Waals surface area contributed by atoms with Crippen LogP contribution < -0.4 is 0 Å². The first-order chi connectivity index (χ1) is 6.83. The summed E-state index contributed by atoms with van der Waals surface area (Å²) < 4.78 is 0. The molecule has 1 saturated heterocycles. The molecular weight excluding hydrogens is 172 g/mol. The molecule has 1 aliphatic heterocycles. The average molecular weight is 198 g/mol. The fraction of sp³-hybridized carbons (Fsp3) is 1.00. The number of nitrogens with zero attached hydrogens (tertiary/aromatic N) is 2. The molecule has 1 aliphatic rings. The summed E-state index contributed by atoms with van der Waals surface area (Å²) in [5.74, 6) is 0. The van der Waals surface area contributed by atoms with Gasteiger partial charge in [-0.25, -0.2) is 0 Å². The molecule has 2 heteroatoms. The maximum Gasteiger partial charge on any atom is 0.0623 e. The van der Waals surface area contributed by atoms with Gasteiger partial charge in [0.15, 0.2) is 0 Å². The van der Waals surface area contributed by atoms with Crippen molar-refractivity contribution in [2.24, 2.45) is 0 Å². The summed E-state index contributed by atoms with van der Waals surface area (Å²) in [4.78, 5) is 5.33. The Hall–Kier alpha value is -0.0800. The van der Waals surface area contributed by atoms with E-state index < -0.39 is 0 Å². The van der Waals surface area contributed by atoms with Crippen LogP contribution in [0.3, 0.4) is 0 Å². The summed E-state index contributed by atoms with van der Waals surface area (Å²) in [7, 11) is 0. The molecule has 0 radical (unpaired) electrons. The van der Waals surface area contributed by atoms with Crippen LogP contribution in [0.1, 0.15) is 46.5 Å². The van der Waals surface area contributed by atoms with Crippen molar-refractivity contribution in [2.45, 2.75) is 52.6 Å². The quantitative estimate of drug-likeness (QED) is 0.647. The first kappa shape index (κ1) is 12.0. The third-order valence-electron chi connectivity index (χ3n) is 3.09. The Morgan fingerprint density at radius 3 is 1.71 bits per heavy atom. The van der Waals surface area contributed by atoms with Crippen molar-refractivity contribution in [2.75, 3.05) is 26.2 Å². The molecule has 0 aromatic heterocycles. The second-order valence-corrected chi connectivity index (χ2v) is 4.34. The van der Waals surface area contributed by atoms with Gasteiger partial charge in [-0.1, -0.05) is 27.2 Å². The van der Waals surface area contributed by atoms with Gasteiger partial charge < -0.3 is 0 Å². The molecule has 0 amide bonds. The van der Waals surface area contributed by atoms with Crippen molar-refractivity contribution in [1.29, 1.82) is 0 Å². The number of hydrogen-bond acceptors (Lipinski definition) is 2. The molecule has 0 bridgehead atoms. The van der Waals surface area contributed by atoms with Crippen molar-refractivity contribution in [3.63, 3.8) is 0 Å². The Balaban J connectivity index is 2.45. The molecule has 0 spiro atoms. The van der Waals surface area contributed by atoms with Crippen molar-refractivity contribution in [1.82, 2.24) is 9.80 Å². The highest BCUT2D eigenvalue weighted by atomic mass is 15.4. The topological polar surface area (TPSA) is 6.48 Å². The van der Waals surface area contributed by atoms with Crippen LogP contribution >= 0.6 is 0 Å². The second-order valence-electron chi connectivity index (χ2n) is 4.34. The van der Waals surface area contributed by atoms with Gasteiger partial charge in [0.1, 0.15) is 0 Å². The van der Waals surface area contributed by atoms with Gasteiger partial charge in [0.25, 0.3) is 0 Å². The summed E-state index contributed by atoms with van der Waals surface area (Å²) in [6.07, 6.45) is 5.99. The second kappa shape index (κ2) is 6.41. The molecule has 1 heterocycles. The molecule has 0 aromatic carbocycles. The van der Waals surface area contributed by atoms with Crippen LogP contribution in [-0.2, 0) is 0 Å². The molecule has 2 nitrogen and oxygen atoms in total. The van der Waals surface area contributed by atoms with Gasteiger partial charge in [-0.3, -0.25) is 9.80 Å². The Kier molecular flexibility index (Phi) is 5.49. The molecule has 1 rings (SSSR count). The van der Waals surface area contributed by atoms with Crippen molar-refractivity contribution in [3.05, 3.63) is 0 Å². The Morgan fingerprint density at radius 1 is 0.857 bits per heavy atom.